The minimum absolute atomic E-state index is 0.274. The molecule has 0 amide bonds. The number of hydrogen-bond acceptors (Lipinski definition) is 3. The van der Waals surface area contributed by atoms with Gasteiger partial charge in [-0.05, 0) is 30.2 Å². The van der Waals surface area contributed by atoms with Crippen LogP contribution in [0.3, 0.4) is 0 Å². The number of nitrogens with zero attached hydrogens (tertiary/aromatic N) is 3. The van der Waals surface area contributed by atoms with Crippen LogP contribution in [0.1, 0.15) is 25.3 Å². The maximum atomic E-state index is 8.71. The first-order valence-electron chi connectivity index (χ1n) is 6.52. The first kappa shape index (κ1) is 13.3. The molecule has 0 bridgehead atoms. The Morgan fingerprint density at radius 1 is 1.37 bits per heavy atom. The molecule has 0 aliphatic carbocycles. The molecule has 4 nitrogen and oxygen atoms in total. The first-order valence-corrected chi connectivity index (χ1v) is 6.52. The largest absolute Gasteiger partial charge is 0.309 e. The van der Waals surface area contributed by atoms with Gasteiger partial charge in [-0.1, -0.05) is 19.1 Å². The maximum absolute atomic E-state index is 8.71. The molecule has 19 heavy (non-hydrogen) atoms. The quantitative estimate of drug-likeness (QED) is 0.862. The number of hydrogen-bond donors (Lipinski definition) is 1. The van der Waals surface area contributed by atoms with Crippen molar-refractivity contribution in [3.63, 3.8) is 0 Å². The highest BCUT2D eigenvalue weighted by Crippen LogP contribution is 2.09. The Labute approximate surface area is 113 Å². The molecule has 1 unspecified atom stereocenters. The smallest absolute Gasteiger partial charge is 0.0645 e. The monoisotopic (exact) mass is 254 g/mol. The van der Waals surface area contributed by atoms with Crippen LogP contribution in [0.2, 0.25) is 0 Å². The van der Waals surface area contributed by atoms with E-state index in [4.69, 9.17) is 5.26 Å². The lowest BCUT2D eigenvalue weighted by Crippen LogP contribution is -2.27. The van der Waals surface area contributed by atoms with Crippen molar-refractivity contribution in [2.24, 2.45) is 0 Å². The van der Waals surface area contributed by atoms with Crippen molar-refractivity contribution in [2.75, 3.05) is 0 Å². The second-order valence-electron chi connectivity index (χ2n) is 4.47. The third kappa shape index (κ3) is 3.67. The summed E-state index contributed by atoms with van der Waals surface area (Å²) in [6.07, 6.45) is 5.22. The van der Waals surface area contributed by atoms with Gasteiger partial charge in [-0.25, -0.2) is 4.68 Å². The molecule has 98 valence electrons. The van der Waals surface area contributed by atoms with Crippen LogP contribution in [-0.4, -0.2) is 15.8 Å². The van der Waals surface area contributed by atoms with Gasteiger partial charge in [0.05, 0.1) is 18.2 Å². The summed E-state index contributed by atoms with van der Waals surface area (Å²) in [5.41, 5.74) is 2.27. The Kier molecular flexibility index (Phi) is 4.71. The van der Waals surface area contributed by atoms with E-state index >= 15 is 0 Å². The summed E-state index contributed by atoms with van der Waals surface area (Å²) in [6, 6.07) is 12.7. The lowest BCUT2D eigenvalue weighted by Gasteiger charge is -2.13. The van der Waals surface area contributed by atoms with Crippen LogP contribution in [0.25, 0.3) is 5.69 Å². The number of aromatic nitrogens is 2. The molecule has 0 fully saturated rings. The molecule has 1 N–H and O–H groups in total. The molecule has 0 radical (unpaired) electrons. The van der Waals surface area contributed by atoms with Crippen molar-refractivity contribution >= 4 is 0 Å². The second-order valence-corrected chi connectivity index (χ2v) is 4.47. The third-order valence-corrected chi connectivity index (χ3v) is 3.13. The number of benzene rings is 1. The molecule has 0 aliphatic heterocycles. The summed E-state index contributed by atoms with van der Waals surface area (Å²) in [7, 11) is 0. The van der Waals surface area contributed by atoms with Gasteiger partial charge in [-0.3, -0.25) is 0 Å². The van der Waals surface area contributed by atoms with Crippen LogP contribution in [0.15, 0.2) is 42.7 Å². The van der Waals surface area contributed by atoms with Gasteiger partial charge in [-0.2, -0.15) is 10.4 Å². The van der Waals surface area contributed by atoms with Crippen LogP contribution >= 0.6 is 0 Å². The Hall–Kier alpha value is -2.12. The number of nitrogens with one attached hydrogen (secondary N) is 1. The van der Waals surface area contributed by atoms with Crippen molar-refractivity contribution in [2.45, 2.75) is 32.4 Å². The van der Waals surface area contributed by atoms with Crippen molar-refractivity contribution in [3.8, 4) is 11.8 Å². The van der Waals surface area contributed by atoms with E-state index in [-0.39, 0.29) is 6.04 Å². The Balaban J connectivity index is 1.94. The molecule has 1 aromatic heterocycles. The molecular formula is C15H18N4. The molecule has 1 atom stereocenters. The highest BCUT2D eigenvalue weighted by Gasteiger charge is 2.04. The highest BCUT2D eigenvalue weighted by atomic mass is 15.3. The summed E-state index contributed by atoms with van der Waals surface area (Å²) < 4.78 is 1.84. The summed E-state index contributed by atoms with van der Waals surface area (Å²) in [5, 5.41) is 16.3. The van der Waals surface area contributed by atoms with Gasteiger partial charge in [0, 0.05) is 25.0 Å². The summed E-state index contributed by atoms with van der Waals surface area (Å²) in [4.78, 5) is 0. The van der Waals surface area contributed by atoms with Crippen molar-refractivity contribution in [1.29, 1.82) is 5.26 Å². The topological polar surface area (TPSA) is 53.6 Å². The van der Waals surface area contributed by atoms with Gasteiger partial charge in [-0.15, -0.1) is 0 Å². The molecule has 0 spiro atoms. The van der Waals surface area contributed by atoms with Crippen molar-refractivity contribution in [3.05, 3.63) is 48.3 Å². The normalized spacial score (nSPS) is 12.0. The van der Waals surface area contributed by atoms with Crippen LogP contribution in [0.5, 0.6) is 0 Å². The van der Waals surface area contributed by atoms with E-state index in [0.717, 1.165) is 18.7 Å². The minimum atomic E-state index is 0.274. The molecule has 0 aliphatic rings. The lowest BCUT2D eigenvalue weighted by atomic mass is 10.1. The predicted molar refractivity (Wildman–Crippen MR) is 74.7 cm³/mol. The predicted octanol–water partition coefficient (Wildman–Crippen LogP) is 2.65. The fraction of sp³-hybridized carbons (Fsp3) is 0.333. The fourth-order valence-electron chi connectivity index (χ4n) is 1.92. The SMILES string of the molecule is CCC(CC#N)NCc1ccc(-n2cccn2)cc1. The highest BCUT2D eigenvalue weighted by molar-refractivity contribution is 5.33. The average molecular weight is 254 g/mol. The van der Waals surface area contributed by atoms with E-state index in [1.54, 1.807) is 6.20 Å². The van der Waals surface area contributed by atoms with E-state index in [2.05, 4.69) is 47.7 Å². The third-order valence-electron chi connectivity index (χ3n) is 3.13. The van der Waals surface area contributed by atoms with E-state index < -0.39 is 0 Å². The average Bonchev–Trinajstić information content (AvgIpc) is 2.98. The van der Waals surface area contributed by atoms with E-state index in [0.29, 0.717) is 6.42 Å². The number of nitriles is 1. The molecule has 1 aromatic carbocycles. The molecular weight excluding hydrogens is 236 g/mol. The van der Waals surface area contributed by atoms with Crippen LogP contribution in [0.4, 0.5) is 0 Å². The zero-order valence-corrected chi connectivity index (χ0v) is 11.1. The van der Waals surface area contributed by atoms with E-state index in [1.807, 2.05) is 16.9 Å². The van der Waals surface area contributed by atoms with Gasteiger partial charge in [0.15, 0.2) is 0 Å². The van der Waals surface area contributed by atoms with E-state index in [1.165, 1.54) is 5.56 Å². The Bertz CT molecular complexity index is 522. The molecule has 2 rings (SSSR count). The molecule has 1 heterocycles. The van der Waals surface area contributed by atoms with Gasteiger partial charge < -0.3 is 5.32 Å². The van der Waals surface area contributed by atoms with E-state index in [9.17, 15) is 0 Å². The minimum Gasteiger partial charge on any atom is -0.309 e. The Morgan fingerprint density at radius 3 is 2.74 bits per heavy atom. The number of rotatable bonds is 6. The molecule has 4 heteroatoms. The zero-order valence-electron chi connectivity index (χ0n) is 11.1. The summed E-state index contributed by atoms with van der Waals surface area (Å²) in [6.45, 7) is 2.88. The fourth-order valence-corrected chi connectivity index (χ4v) is 1.92. The zero-order chi connectivity index (χ0) is 13.5. The van der Waals surface area contributed by atoms with Gasteiger partial charge in [0.25, 0.3) is 0 Å². The molecule has 0 saturated heterocycles. The molecule has 0 saturated carbocycles. The van der Waals surface area contributed by atoms with Crippen LogP contribution in [-0.2, 0) is 6.54 Å². The summed E-state index contributed by atoms with van der Waals surface area (Å²) >= 11 is 0. The van der Waals surface area contributed by atoms with Gasteiger partial charge >= 0.3 is 0 Å². The standard InChI is InChI=1S/C15H18N4/c1-2-14(8-9-16)17-12-13-4-6-15(7-5-13)19-11-3-10-18-19/h3-7,10-11,14,17H,2,8,12H2,1H3. The van der Waals surface area contributed by atoms with Crippen molar-refractivity contribution < 1.29 is 0 Å². The van der Waals surface area contributed by atoms with Crippen LogP contribution in [0, 0.1) is 11.3 Å². The second kappa shape index (κ2) is 6.72. The molecule has 2 aromatic rings. The maximum Gasteiger partial charge on any atom is 0.0645 e. The van der Waals surface area contributed by atoms with Gasteiger partial charge in [0.1, 0.15) is 0 Å². The summed E-state index contributed by atoms with van der Waals surface area (Å²) in [5.74, 6) is 0. The van der Waals surface area contributed by atoms with Crippen LogP contribution < -0.4 is 5.32 Å². The lowest BCUT2D eigenvalue weighted by molar-refractivity contribution is 0.505. The van der Waals surface area contributed by atoms with Crippen molar-refractivity contribution in [1.82, 2.24) is 15.1 Å². The van der Waals surface area contributed by atoms with Gasteiger partial charge in [0.2, 0.25) is 0 Å². The first-order chi connectivity index (χ1) is 9.33. The Morgan fingerprint density at radius 2 is 2.16 bits per heavy atom.